The quantitative estimate of drug-likeness (QED) is 0.704. The van der Waals surface area contributed by atoms with Crippen LogP contribution in [-0.2, 0) is 9.47 Å². The number of hydrogen-bond donors (Lipinski definition) is 1. The third kappa shape index (κ3) is 3.03. The van der Waals surface area contributed by atoms with E-state index in [1.165, 1.54) is 0 Å². The summed E-state index contributed by atoms with van der Waals surface area (Å²) in [5.74, 6) is 0.691. The first-order valence-electron chi connectivity index (χ1n) is 5.58. The van der Waals surface area contributed by atoms with E-state index >= 15 is 0 Å². The maximum Gasteiger partial charge on any atom is 0.0659 e. The number of ether oxygens (including phenoxy) is 2. The Hall–Kier alpha value is -0.380. The number of methoxy groups -OCH3 is 2. The van der Waals surface area contributed by atoms with Gasteiger partial charge in [-0.1, -0.05) is 19.1 Å². The lowest BCUT2D eigenvalue weighted by atomic mass is 9.76. The summed E-state index contributed by atoms with van der Waals surface area (Å²) in [6.45, 7) is 3.34. The Balaban J connectivity index is 2.70. The van der Waals surface area contributed by atoms with E-state index in [1.54, 1.807) is 14.2 Å². The van der Waals surface area contributed by atoms with E-state index in [1.807, 2.05) is 0 Å². The molecule has 0 aromatic carbocycles. The molecule has 1 rings (SSSR count). The van der Waals surface area contributed by atoms with E-state index < -0.39 is 0 Å². The lowest BCUT2D eigenvalue weighted by Crippen LogP contribution is -2.40. The van der Waals surface area contributed by atoms with E-state index in [9.17, 15) is 5.11 Å². The Labute approximate surface area is 92.1 Å². The number of hydrogen-bond acceptors (Lipinski definition) is 3. The van der Waals surface area contributed by atoms with E-state index in [0.29, 0.717) is 13.2 Å². The maximum atomic E-state index is 10.2. The molecule has 0 heterocycles. The minimum absolute atomic E-state index is 0.157. The van der Waals surface area contributed by atoms with E-state index in [0.717, 1.165) is 6.42 Å². The van der Waals surface area contributed by atoms with Crippen molar-refractivity contribution in [1.82, 2.24) is 0 Å². The topological polar surface area (TPSA) is 38.7 Å². The Morgan fingerprint density at radius 3 is 2.20 bits per heavy atom. The summed E-state index contributed by atoms with van der Waals surface area (Å²) in [7, 11) is 3.37. The molecule has 0 amide bonds. The second-order valence-electron chi connectivity index (χ2n) is 4.19. The van der Waals surface area contributed by atoms with E-state index in [2.05, 4.69) is 19.1 Å². The maximum absolute atomic E-state index is 10.2. The van der Waals surface area contributed by atoms with Crippen LogP contribution in [0, 0.1) is 17.8 Å². The van der Waals surface area contributed by atoms with Crippen molar-refractivity contribution in [2.45, 2.75) is 19.4 Å². The summed E-state index contributed by atoms with van der Waals surface area (Å²) >= 11 is 0. The SMILES string of the molecule is CC[C@@H]1C=C[C@H](COC)[C@H](COC)[C@@H]1O. The van der Waals surface area contributed by atoms with Crippen molar-refractivity contribution in [3.8, 4) is 0 Å². The Kier molecular flexibility index (Phi) is 5.29. The van der Waals surface area contributed by atoms with Crippen molar-refractivity contribution in [2.24, 2.45) is 17.8 Å². The third-order valence-corrected chi connectivity index (χ3v) is 3.22. The van der Waals surface area contributed by atoms with Gasteiger partial charge in [-0.2, -0.15) is 0 Å². The lowest BCUT2D eigenvalue weighted by Gasteiger charge is -2.35. The van der Waals surface area contributed by atoms with Gasteiger partial charge < -0.3 is 14.6 Å². The molecule has 0 spiro atoms. The summed E-state index contributed by atoms with van der Waals surface area (Å²) in [5, 5.41) is 10.2. The van der Waals surface area contributed by atoms with Gasteiger partial charge in [0.15, 0.2) is 0 Å². The van der Waals surface area contributed by atoms with Gasteiger partial charge in [-0.3, -0.25) is 0 Å². The van der Waals surface area contributed by atoms with Gasteiger partial charge in [-0.15, -0.1) is 0 Å². The fraction of sp³-hybridized carbons (Fsp3) is 0.833. The molecule has 0 unspecified atom stereocenters. The van der Waals surface area contributed by atoms with Crippen LogP contribution >= 0.6 is 0 Å². The molecule has 0 bridgehead atoms. The third-order valence-electron chi connectivity index (χ3n) is 3.22. The highest BCUT2D eigenvalue weighted by atomic mass is 16.5. The van der Waals surface area contributed by atoms with Crippen LogP contribution in [0.2, 0.25) is 0 Å². The predicted octanol–water partition coefficient (Wildman–Crippen LogP) is 1.47. The van der Waals surface area contributed by atoms with Crippen molar-refractivity contribution in [1.29, 1.82) is 0 Å². The average molecular weight is 214 g/mol. The van der Waals surface area contributed by atoms with Gasteiger partial charge in [0.25, 0.3) is 0 Å². The van der Waals surface area contributed by atoms with Crippen LogP contribution in [0.25, 0.3) is 0 Å². The number of rotatable bonds is 5. The molecule has 88 valence electrons. The Bertz CT molecular complexity index is 203. The molecule has 1 N–H and O–H groups in total. The minimum Gasteiger partial charge on any atom is -0.392 e. The number of aliphatic hydroxyl groups is 1. The monoisotopic (exact) mass is 214 g/mol. The molecule has 0 saturated carbocycles. The molecule has 0 aliphatic heterocycles. The zero-order valence-corrected chi connectivity index (χ0v) is 9.85. The largest absolute Gasteiger partial charge is 0.392 e. The van der Waals surface area contributed by atoms with E-state index in [4.69, 9.17) is 9.47 Å². The molecular formula is C12H22O3. The van der Waals surface area contributed by atoms with Gasteiger partial charge in [-0.05, 0) is 6.42 Å². The van der Waals surface area contributed by atoms with Crippen LogP contribution < -0.4 is 0 Å². The van der Waals surface area contributed by atoms with Crippen molar-refractivity contribution < 1.29 is 14.6 Å². The van der Waals surface area contributed by atoms with Crippen LogP contribution in [0.3, 0.4) is 0 Å². The average Bonchev–Trinajstić information content (AvgIpc) is 2.24. The van der Waals surface area contributed by atoms with Crippen LogP contribution in [-0.4, -0.2) is 38.6 Å². The highest BCUT2D eigenvalue weighted by molar-refractivity contribution is 5.05. The minimum atomic E-state index is -0.305. The van der Waals surface area contributed by atoms with Gasteiger partial charge in [0.2, 0.25) is 0 Å². The summed E-state index contributed by atoms with van der Waals surface area (Å²) < 4.78 is 10.3. The molecular weight excluding hydrogens is 192 g/mol. The molecule has 0 radical (unpaired) electrons. The van der Waals surface area contributed by atoms with Crippen LogP contribution in [0.1, 0.15) is 13.3 Å². The molecule has 15 heavy (non-hydrogen) atoms. The van der Waals surface area contributed by atoms with Crippen LogP contribution in [0.4, 0.5) is 0 Å². The molecule has 3 nitrogen and oxygen atoms in total. The molecule has 1 aliphatic carbocycles. The molecule has 3 heteroatoms. The van der Waals surface area contributed by atoms with Gasteiger partial charge in [0, 0.05) is 32.0 Å². The van der Waals surface area contributed by atoms with Crippen LogP contribution in [0.5, 0.6) is 0 Å². The first-order chi connectivity index (χ1) is 7.24. The summed E-state index contributed by atoms with van der Waals surface area (Å²) in [5.41, 5.74) is 0. The molecule has 0 fully saturated rings. The summed E-state index contributed by atoms with van der Waals surface area (Å²) in [6.07, 6.45) is 4.94. The summed E-state index contributed by atoms with van der Waals surface area (Å²) in [4.78, 5) is 0. The van der Waals surface area contributed by atoms with E-state index in [-0.39, 0.29) is 23.9 Å². The fourth-order valence-corrected chi connectivity index (χ4v) is 2.28. The Morgan fingerprint density at radius 1 is 1.07 bits per heavy atom. The normalized spacial score (nSPS) is 35.7. The zero-order valence-electron chi connectivity index (χ0n) is 9.85. The van der Waals surface area contributed by atoms with Crippen LogP contribution in [0.15, 0.2) is 12.2 Å². The van der Waals surface area contributed by atoms with Gasteiger partial charge >= 0.3 is 0 Å². The second-order valence-corrected chi connectivity index (χ2v) is 4.19. The highest BCUT2D eigenvalue weighted by Crippen LogP contribution is 2.31. The van der Waals surface area contributed by atoms with Crippen molar-refractivity contribution in [3.63, 3.8) is 0 Å². The van der Waals surface area contributed by atoms with Gasteiger partial charge in [0.05, 0.1) is 19.3 Å². The number of aliphatic hydroxyl groups excluding tert-OH is 1. The summed E-state index contributed by atoms with van der Waals surface area (Å²) in [6, 6.07) is 0. The smallest absolute Gasteiger partial charge is 0.0659 e. The zero-order chi connectivity index (χ0) is 11.3. The van der Waals surface area contributed by atoms with Gasteiger partial charge in [-0.25, -0.2) is 0 Å². The molecule has 1 aliphatic rings. The molecule has 0 saturated heterocycles. The molecule has 0 aromatic heterocycles. The van der Waals surface area contributed by atoms with Crippen molar-refractivity contribution in [2.75, 3.05) is 27.4 Å². The molecule has 4 atom stereocenters. The van der Waals surface area contributed by atoms with Crippen molar-refractivity contribution >= 4 is 0 Å². The first-order valence-corrected chi connectivity index (χ1v) is 5.58. The fourth-order valence-electron chi connectivity index (χ4n) is 2.28. The Morgan fingerprint density at radius 2 is 1.67 bits per heavy atom. The molecule has 0 aromatic rings. The first kappa shape index (κ1) is 12.7. The lowest BCUT2D eigenvalue weighted by molar-refractivity contribution is -0.0205. The van der Waals surface area contributed by atoms with Gasteiger partial charge in [0.1, 0.15) is 0 Å². The highest BCUT2D eigenvalue weighted by Gasteiger charge is 2.34. The second kappa shape index (κ2) is 6.26. The van der Waals surface area contributed by atoms with Crippen molar-refractivity contribution in [3.05, 3.63) is 12.2 Å². The standard InChI is InChI=1S/C12H22O3/c1-4-9-5-6-10(7-14-2)11(8-15-3)12(9)13/h5-6,9-13H,4,7-8H2,1-3H3/t9-,10-,11+,12-/m1/s1. The predicted molar refractivity (Wildman–Crippen MR) is 59.7 cm³/mol.